The second kappa shape index (κ2) is 9.19. The first kappa shape index (κ1) is 18.9. The minimum atomic E-state index is 0.00343. The van der Waals surface area contributed by atoms with Crippen molar-refractivity contribution >= 4 is 11.6 Å². The Labute approximate surface area is 161 Å². The predicted octanol–water partition coefficient (Wildman–Crippen LogP) is 4.50. The van der Waals surface area contributed by atoms with Crippen molar-refractivity contribution < 1.29 is 4.79 Å². The van der Waals surface area contributed by atoms with Crippen LogP contribution in [0.5, 0.6) is 0 Å². The second-order valence-electron chi connectivity index (χ2n) is 6.64. The second-order valence-corrected chi connectivity index (χ2v) is 6.64. The van der Waals surface area contributed by atoms with Crippen molar-refractivity contribution in [2.75, 3.05) is 18.4 Å². The molecule has 2 aromatic carbocycles. The molecule has 140 valence electrons. The predicted molar refractivity (Wildman–Crippen MR) is 111 cm³/mol. The molecule has 4 heteroatoms. The quantitative estimate of drug-likeness (QED) is 0.641. The van der Waals surface area contributed by atoms with Gasteiger partial charge in [-0.3, -0.25) is 9.69 Å². The number of nitrogens with zero attached hydrogens (tertiary/aromatic N) is 2. The van der Waals surface area contributed by atoms with Crippen molar-refractivity contribution in [3.05, 3.63) is 84.2 Å². The van der Waals surface area contributed by atoms with Crippen molar-refractivity contribution in [1.29, 1.82) is 0 Å². The Bertz CT molecular complexity index is 850. The summed E-state index contributed by atoms with van der Waals surface area (Å²) < 4.78 is 2.05. The summed E-state index contributed by atoms with van der Waals surface area (Å²) in [5.41, 5.74) is 4.16. The van der Waals surface area contributed by atoms with Crippen molar-refractivity contribution in [2.45, 2.75) is 26.8 Å². The third-order valence-corrected chi connectivity index (χ3v) is 4.71. The topological polar surface area (TPSA) is 37.3 Å². The van der Waals surface area contributed by atoms with E-state index in [0.717, 1.165) is 36.6 Å². The van der Waals surface area contributed by atoms with Gasteiger partial charge in [0.2, 0.25) is 5.91 Å². The van der Waals surface area contributed by atoms with Crippen LogP contribution in [0, 0.1) is 0 Å². The van der Waals surface area contributed by atoms with Gasteiger partial charge >= 0.3 is 0 Å². The van der Waals surface area contributed by atoms with E-state index in [0.29, 0.717) is 6.42 Å². The van der Waals surface area contributed by atoms with Gasteiger partial charge in [-0.2, -0.15) is 0 Å². The molecule has 0 aliphatic rings. The molecule has 0 fully saturated rings. The Morgan fingerprint density at radius 3 is 2.30 bits per heavy atom. The molecule has 0 spiro atoms. The van der Waals surface area contributed by atoms with Crippen molar-refractivity contribution in [3.8, 4) is 5.69 Å². The van der Waals surface area contributed by atoms with Gasteiger partial charge in [0.1, 0.15) is 0 Å². The number of hydrogen-bond donors (Lipinski definition) is 1. The zero-order valence-corrected chi connectivity index (χ0v) is 16.1. The van der Waals surface area contributed by atoms with Crippen LogP contribution in [0.15, 0.2) is 73.1 Å². The van der Waals surface area contributed by atoms with Crippen LogP contribution in [0.1, 0.15) is 25.0 Å². The lowest BCUT2D eigenvalue weighted by molar-refractivity contribution is -0.115. The van der Waals surface area contributed by atoms with Crippen molar-refractivity contribution in [3.63, 3.8) is 0 Å². The molecule has 0 atom stereocenters. The Hall–Kier alpha value is -2.85. The summed E-state index contributed by atoms with van der Waals surface area (Å²) in [5, 5.41) is 3.02. The lowest BCUT2D eigenvalue weighted by Crippen LogP contribution is -2.22. The van der Waals surface area contributed by atoms with Crippen LogP contribution in [-0.4, -0.2) is 28.5 Å². The molecule has 0 saturated heterocycles. The maximum absolute atomic E-state index is 12.4. The van der Waals surface area contributed by atoms with Gasteiger partial charge in [-0.1, -0.05) is 38.1 Å². The SMILES string of the molecule is CCN(CC)Cc1cccc(NC(=O)Cc2ccc(-n3cccc3)cc2)c1. The molecule has 1 amide bonds. The van der Waals surface area contributed by atoms with Crippen LogP contribution >= 0.6 is 0 Å². The zero-order valence-electron chi connectivity index (χ0n) is 16.1. The fraction of sp³-hybridized carbons (Fsp3) is 0.261. The fourth-order valence-corrected chi connectivity index (χ4v) is 3.14. The molecule has 0 unspecified atom stereocenters. The van der Waals surface area contributed by atoms with E-state index in [2.05, 4.69) is 36.2 Å². The van der Waals surface area contributed by atoms with Crippen LogP contribution in [0.4, 0.5) is 5.69 Å². The first-order chi connectivity index (χ1) is 13.2. The molecule has 0 bridgehead atoms. The summed E-state index contributed by atoms with van der Waals surface area (Å²) in [4.78, 5) is 14.8. The van der Waals surface area contributed by atoms with E-state index in [1.807, 2.05) is 65.5 Å². The molecular formula is C23H27N3O. The lowest BCUT2D eigenvalue weighted by atomic mass is 10.1. The molecular weight excluding hydrogens is 334 g/mol. The Kier molecular flexibility index (Phi) is 6.44. The summed E-state index contributed by atoms with van der Waals surface area (Å²) >= 11 is 0. The molecule has 3 rings (SSSR count). The number of carbonyl (C=O) groups excluding carboxylic acids is 1. The number of aromatic nitrogens is 1. The van der Waals surface area contributed by atoms with E-state index in [4.69, 9.17) is 0 Å². The van der Waals surface area contributed by atoms with Crippen LogP contribution in [0.2, 0.25) is 0 Å². The van der Waals surface area contributed by atoms with E-state index < -0.39 is 0 Å². The van der Waals surface area contributed by atoms with Crippen LogP contribution in [0.3, 0.4) is 0 Å². The molecule has 0 saturated carbocycles. The van der Waals surface area contributed by atoms with Gasteiger partial charge in [0.05, 0.1) is 6.42 Å². The van der Waals surface area contributed by atoms with Gasteiger partial charge < -0.3 is 9.88 Å². The van der Waals surface area contributed by atoms with E-state index >= 15 is 0 Å². The number of anilines is 1. The zero-order chi connectivity index (χ0) is 19.1. The van der Waals surface area contributed by atoms with E-state index in [-0.39, 0.29) is 5.91 Å². The summed E-state index contributed by atoms with van der Waals surface area (Å²) in [5.74, 6) is 0.00343. The number of carbonyl (C=O) groups is 1. The van der Waals surface area contributed by atoms with Gasteiger partial charge in [-0.15, -0.1) is 0 Å². The molecule has 0 aliphatic carbocycles. The number of benzene rings is 2. The summed E-state index contributed by atoms with van der Waals surface area (Å²) in [7, 11) is 0. The Morgan fingerprint density at radius 2 is 1.63 bits per heavy atom. The molecule has 27 heavy (non-hydrogen) atoms. The molecule has 4 nitrogen and oxygen atoms in total. The Balaban J connectivity index is 1.59. The fourth-order valence-electron chi connectivity index (χ4n) is 3.14. The average molecular weight is 361 g/mol. The number of nitrogens with one attached hydrogen (secondary N) is 1. The molecule has 0 aliphatic heterocycles. The molecule has 1 aromatic heterocycles. The molecule has 0 radical (unpaired) electrons. The first-order valence-corrected chi connectivity index (χ1v) is 9.51. The van der Waals surface area contributed by atoms with Gasteiger partial charge in [-0.25, -0.2) is 0 Å². The van der Waals surface area contributed by atoms with Crippen molar-refractivity contribution in [2.24, 2.45) is 0 Å². The smallest absolute Gasteiger partial charge is 0.228 e. The summed E-state index contributed by atoms with van der Waals surface area (Å²) in [6, 6.07) is 20.2. The largest absolute Gasteiger partial charge is 0.326 e. The van der Waals surface area contributed by atoms with Crippen LogP contribution < -0.4 is 5.32 Å². The molecule has 1 heterocycles. The standard InChI is InChI=1S/C23H27N3O/c1-3-25(4-2)18-20-8-7-9-21(16-20)24-23(27)17-19-10-12-22(13-11-19)26-14-5-6-15-26/h5-16H,3-4,17-18H2,1-2H3,(H,24,27). The maximum atomic E-state index is 12.4. The van der Waals surface area contributed by atoms with Crippen molar-refractivity contribution in [1.82, 2.24) is 9.47 Å². The van der Waals surface area contributed by atoms with E-state index in [1.165, 1.54) is 5.56 Å². The summed E-state index contributed by atoms with van der Waals surface area (Å²) in [6.45, 7) is 7.27. The molecule has 3 aromatic rings. The molecule has 1 N–H and O–H groups in total. The third kappa shape index (κ3) is 5.31. The summed E-state index contributed by atoms with van der Waals surface area (Å²) in [6.07, 6.45) is 4.38. The van der Waals surface area contributed by atoms with Gasteiger partial charge in [0, 0.05) is 30.3 Å². The van der Waals surface area contributed by atoms with E-state index in [1.54, 1.807) is 0 Å². The monoisotopic (exact) mass is 361 g/mol. The third-order valence-electron chi connectivity index (χ3n) is 4.71. The number of hydrogen-bond acceptors (Lipinski definition) is 2. The Morgan fingerprint density at radius 1 is 0.926 bits per heavy atom. The van der Waals surface area contributed by atoms with Crippen LogP contribution in [-0.2, 0) is 17.8 Å². The highest BCUT2D eigenvalue weighted by Crippen LogP contribution is 2.14. The average Bonchev–Trinajstić information content (AvgIpc) is 3.21. The first-order valence-electron chi connectivity index (χ1n) is 9.51. The van der Waals surface area contributed by atoms with E-state index in [9.17, 15) is 4.79 Å². The number of rotatable bonds is 8. The van der Waals surface area contributed by atoms with Crippen LogP contribution in [0.25, 0.3) is 5.69 Å². The van der Waals surface area contributed by atoms with Gasteiger partial charge in [-0.05, 0) is 60.6 Å². The van der Waals surface area contributed by atoms with Gasteiger partial charge in [0.15, 0.2) is 0 Å². The highest BCUT2D eigenvalue weighted by molar-refractivity contribution is 5.92. The normalized spacial score (nSPS) is 10.9. The maximum Gasteiger partial charge on any atom is 0.228 e. The highest BCUT2D eigenvalue weighted by Gasteiger charge is 2.07. The lowest BCUT2D eigenvalue weighted by Gasteiger charge is -2.18. The number of amides is 1. The minimum Gasteiger partial charge on any atom is -0.326 e. The van der Waals surface area contributed by atoms with Gasteiger partial charge in [0.25, 0.3) is 0 Å². The minimum absolute atomic E-state index is 0.00343. The highest BCUT2D eigenvalue weighted by atomic mass is 16.1.